The lowest BCUT2D eigenvalue weighted by Crippen LogP contribution is -2.67. The molecule has 0 saturated heterocycles. The number of para-hydroxylation sites is 1. The van der Waals surface area contributed by atoms with Gasteiger partial charge in [-0.05, 0) is 36.8 Å². The minimum absolute atomic E-state index is 0.0198. The Morgan fingerprint density at radius 2 is 1.83 bits per heavy atom. The number of carboxylic acid groups (broad SMARTS) is 1. The largest absolute Gasteiger partial charge is 0.479 e. The number of carbonyl (C=O) groups is 1. The van der Waals surface area contributed by atoms with Gasteiger partial charge >= 0.3 is 5.97 Å². The first-order valence-electron chi connectivity index (χ1n) is 6.59. The van der Waals surface area contributed by atoms with Gasteiger partial charge in [-0.15, -0.1) is 0 Å². The van der Waals surface area contributed by atoms with Gasteiger partial charge in [0.25, 0.3) is 0 Å². The maximum atomic E-state index is 11.9. The summed E-state index contributed by atoms with van der Waals surface area (Å²) >= 11 is 0. The topological polar surface area (TPSA) is 49.3 Å². The van der Waals surface area contributed by atoms with Crippen LogP contribution in [0.4, 0.5) is 5.69 Å². The van der Waals surface area contributed by atoms with Crippen LogP contribution in [0.1, 0.15) is 26.7 Å². The fraction of sp³-hybridized carbons (Fsp3) is 0.533. The molecule has 2 fully saturated rings. The van der Waals surface area contributed by atoms with E-state index in [-0.39, 0.29) is 11.3 Å². The Labute approximate surface area is 107 Å². The Morgan fingerprint density at radius 1 is 1.22 bits per heavy atom. The molecule has 0 aliphatic heterocycles. The second-order valence-corrected chi connectivity index (χ2v) is 5.97. The van der Waals surface area contributed by atoms with Gasteiger partial charge < -0.3 is 10.4 Å². The van der Waals surface area contributed by atoms with Gasteiger partial charge in [0, 0.05) is 11.1 Å². The Kier molecular flexibility index (Phi) is 2.25. The number of nitrogens with one attached hydrogen (secondary N) is 1. The summed E-state index contributed by atoms with van der Waals surface area (Å²) in [5, 5.41) is 13.1. The minimum Gasteiger partial charge on any atom is -0.479 e. The number of benzene rings is 1. The van der Waals surface area contributed by atoms with Crippen molar-refractivity contribution in [2.24, 2.45) is 17.3 Å². The molecule has 2 N–H and O–H groups in total. The second kappa shape index (κ2) is 3.50. The molecule has 0 radical (unpaired) electrons. The monoisotopic (exact) mass is 245 g/mol. The Hall–Kier alpha value is -1.51. The molecular formula is C15H19NO2. The van der Waals surface area contributed by atoms with Crippen molar-refractivity contribution in [2.75, 3.05) is 5.32 Å². The van der Waals surface area contributed by atoms with Crippen LogP contribution in [0, 0.1) is 17.3 Å². The third-order valence-corrected chi connectivity index (χ3v) is 5.10. The van der Waals surface area contributed by atoms with E-state index in [0.29, 0.717) is 5.92 Å². The Bertz CT molecular complexity index is 487. The van der Waals surface area contributed by atoms with Crippen molar-refractivity contribution in [3.8, 4) is 0 Å². The summed E-state index contributed by atoms with van der Waals surface area (Å²) in [5.41, 5.74) is 0.118. The zero-order valence-corrected chi connectivity index (χ0v) is 10.8. The molecule has 4 unspecified atom stereocenters. The van der Waals surface area contributed by atoms with E-state index in [9.17, 15) is 9.90 Å². The van der Waals surface area contributed by atoms with Crippen LogP contribution >= 0.6 is 0 Å². The predicted octanol–water partition coefficient (Wildman–Crippen LogP) is 2.99. The van der Waals surface area contributed by atoms with Gasteiger partial charge in [0.1, 0.15) is 5.54 Å². The highest BCUT2D eigenvalue weighted by Crippen LogP contribution is 2.73. The molecule has 0 heterocycles. The van der Waals surface area contributed by atoms with Crippen LogP contribution in [0.2, 0.25) is 0 Å². The van der Waals surface area contributed by atoms with Crippen LogP contribution in [0.3, 0.4) is 0 Å². The molecule has 2 aliphatic rings. The molecule has 18 heavy (non-hydrogen) atoms. The van der Waals surface area contributed by atoms with Crippen molar-refractivity contribution in [3.05, 3.63) is 30.3 Å². The van der Waals surface area contributed by atoms with Gasteiger partial charge in [-0.2, -0.15) is 0 Å². The van der Waals surface area contributed by atoms with Crippen LogP contribution in [-0.2, 0) is 4.79 Å². The van der Waals surface area contributed by atoms with Gasteiger partial charge in [-0.25, -0.2) is 4.79 Å². The fourth-order valence-electron chi connectivity index (χ4n) is 4.02. The lowest BCUT2D eigenvalue weighted by atomic mass is 9.55. The average Bonchev–Trinajstić information content (AvgIpc) is 3.00. The maximum Gasteiger partial charge on any atom is 0.330 e. The van der Waals surface area contributed by atoms with Crippen molar-refractivity contribution in [1.29, 1.82) is 0 Å². The summed E-state index contributed by atoms with van der Waals surface area (Å²) in [4.78, 5) is 11.9. The van der Waals surface area contributed by atoms with Gasteiger partial charge in [0.05, 0.1) is 0 Å². The maximum absolute atomic E-state index is 11.9. The molecule has 4 atom stereocenters. The third kappa shape index (κ3) is 1.22. The molecule has 3 nitrogen and oxygen atoms in total. The molecule has 0 amide bonds. The quantitative estimate of drug-likeness (QED) is 0.860. The first kappa shape index (κ1) is 11.6. The van der Waals surface area contributed by atoms with Crippen LogP contribution in [0.15, 0.2) is 30.3 Å². The highest BCUT2D eigenvalue weighted by Gasteiger charge is 2.77. The summed E-state index contributed by atoms with van der Waals surface area (Å²) in [7, 11) is 0. The van der Waals surface area contributed by atoms with E-state index < -0.39 is 11.5 Å². The summed E-state index contributed by atoms with van der Waals surface area (Å²) in [6, 6.07) is 9.69. The van der Waals surface area contributed by atoms with E-state index >= 15 is 0 Å². The zero-order chi connectivity index (χ0) is 13.0. The summed E-state index contributed by atoms with van der Waals surface area (Å²) < 4.78 is 0. The summed E-state index contributed by atoms with van der Waals surface area (Å²) in [6.45, 7) is 4.20. The van der Waals surface area contributed by atoms with E-state index in [1.165, 1.54) is 0 Å². The van der Waals surface area contributed by atoms with E-state index in [1.807, 2.05) is 37.3 Å². The van der Waals surface area contributed by atoms with Crippen LogP contribution in [0.5, 0.6) is 0 Å². The molecule has 0 bridgehead atoms. The van der Waals surface area contributed by atoms with Crippen molar-refractivity contribution < 1.29 is 9.90 Å². The molecule has 0 aromatic heterocycles. The smallest absolute Gasteiger partial charge is 0.330 e. The third-order valence-electron chi connectivity index (χ3n) is 5.10. The Morgan fingerprint density at radius 3 is 2.28 bits per heavy atom. The minimum atomic E-state index is -0.770. The van der Waals surface area contributed by atoms with E-state index in [2.05, 4.69) is 12.2 Å². The van der Waals surface area contributed by atoms with Crippen LogP contribution in [0.25, 0.3) is 0 Å². The standard InChI is InChI=1S/C15H19NO2/c1-10-8-14(10)9-11(2)15(14,13(17)18)16-12-6-4-3-5-7-12/h3-7,10-11,16H,8-9H2,1-2H3,(H,17,18). The molecule has 3 heteroatoms. The van der Waals surface area contributed by atoms with Gasteiger partial charge in [-0.3, -0.25) is 0 Å². The molecule has 96 valence electrons. The SMILES string of the molecule is CC1CC12CC(C)C2(Nc1ccccc1)C(=O)O. The molecule has 2 saturated carbocycles. The number of hydrogen-bond donors (Lipinski definition) is 2. The predicted molar refractivity (Wildman–Crippen MR) is 70.4 cm³/mol. The van der Waals surface area contributed by atoms with E-state index in [0.717, 1.165) is 18.5 Å². The van der Waals surface area contributed by atoms with Gasteiger partial charge in [0.15, 0.2) is 0 Å². The summed E-state index contributed by atoms with van der Waals surface area (Å²) in [5.74, 6) is -0.00405. The van der Waals surface area contributed by atoms with Gasteiger partial charge in [0.2, 0.25) is 0 Å². The fourth-order valence-corrected chi connectivity index (χ4v) is 4.02. The van der Waals surface area contributed by atoms with Crippen LogP contribution < -0.4 is 5.32 Å². The molecule has 3 rings (SSSR count). The van der Waals surface area contributed by atoms with Crippen molar-refractivity contribution >= 4 is 11.7 Å². The van der Waals surface area contributed by atoms with Crippen molar-refractivity contribution in [1.82, 2.24) is 0 Å². The van der Waals surface area contributed by atoms with Crippen molar-refractivity contribution in [3.63, 3.8) is 0 Å². The number of rotatable bonds is 3. The molecule has 1 aromatic rings. The number of hydrogen-bond acceptors (Lipinski definition) is 2. The molecular weight excluding hydrogens is 226 g/mol. The van der Waals surface area contributed by atoms with E-state index in [4.69, 9.17) is 0 Å². The van der Waals surface area contributed by atoms with E-state index in [1.54, 1.807) is 0 Å². The molecule has 1 spiro atoms. The molecule has 2 aliphatic carbocycles. The number of carboxylic acids is 1. The first-order valence-corrected chi connectivity index (χ1v) is 6.59. The highest BCUT2D eigenvalue weighted by atomic mass is 16.4. The Balaban J connectivity index is 1.96. The van der Waals surface area contributed by atoms with Gasteiger partial charge in [-0.1, -0.05) is 32.0 Å². The number of anilines is 1. The number of aliphatic carboxylic acids is 1. The normalized spacial score (nSPS) is 41.2. The zero-order valence-electron chi connectivity index (χ0n) is 10.8. The van der Waals surface area contributed by atoms with Crippen LogP contribution in [-0.4, -0.2) is 16.6 Å². The van der Waals surface area contributed by atoms with Crippen molar-refractivity contribution in [2.45, 2.75) is 32.2 Å². The highest BCUT2D eigenvalue weighted by molar-refractivity contribution is 5.87. The molecule has 1 aromatic carbocycles. The lowest BCUT2D eigenvalue weighted by Gasteiger charge is -2.54. The average molecular weight is 245 g/mol. The summed E-state index contributed by atoms with van der Waals surface area (Å²) in [6.07, 6.45) is 2.06. The first-order chi connectivity index (χ1) is 8.53. The second-order valence-electron chi connectivity index (χ2n) is 5.97. The lowest BCUT2D eigenvalue weighted by molar-refractivity contribution is -0.156.